The summed E-state index contributed by atoms with van der Waals surface area (Å²) in [5.74, 6) is -1.43. The van der Waals surface area contributed by atoms with Crippen molar-refractivity contribution in [2.75, 3.05) is 18.5 Å². The van der Waals surface area contributed by atoms with Crippen LogP contribution in [-0.2, 0) is 4.79 Å². The minimum absolute atomic E-state index is 0.00790. The van der Waals surface area contributed by atoms with Crippen molar-refractivity contribution >= 4 is 52.5 Å². The van der Waals surface area contributed by atoms with Crippen molar-refractivity contribution in [2.45, 2.75) is 19.9 Å². The monoisotopic (exact) mass is 512 g/mol. The van der Waals surface area contributed by atoms with Gasteiger partial charge in [-0.15, -0.1) is 0 Å². The Morgan fingerprint density at radius 2 is 1.85 bits per heavy atom. The van der Waals surface area contributed by atoms with E-state index in [1.807, 2.05) is 0 Å². The molecule has 0 aliphatic rings. The third-order valence-electron chi connectivity index (χ3n) is 4.48. The summed E-state index contributed by atoms with van der Waals surface area (Å²) in [6.45, 7) is 3.39. The standard InChI is InChI=1S/C21H22Cl2N4O7/c1-11(2)18(20(29)25-16-5-4-13(27(32)33)10-15(16)23)26-19(28)14-9-12(22)3-6-17(14)34-8-7-24-21(30)31/h3-6,9-11,18,24H,7-8H2,1-2H3,(H,25,29)(H,26,28)(H,30,31)/t18-/m0/s1. The number of halogens is 2. The lowest BCUT2D eigenvalue weighted by molar-refractivity contribution is -0.384. The molecule has 1 atom stereocenters. The van der Waals surface area contributed by atoms with Gasteiger partial charge in [0, 0.05) is 17.2 Å². The summed E-state index contributed by atoms with van der Waals surface area (Å²) in [6.07, 6.45) is -1.21. The van der Waals surface area contributed by atoms with Crippen molar-refractivity contribution in [3.8, 4) is 5.75 Å². The van der Waals surface area contributed by atoms with E-state index in [9.17, 15) is 24.5 Å². The maximum atomic E-state index is 13.0. The molecule has 0 saturated heterocycles. The van der Waals surface area contributed by atoms with Crippen LogP contribution in [0.2, 0.25) is 10.0 Å². The number of nitro groups is 1. The molecule has 0 spiro atoms. The highest BCUT2D eigenvalue weighted by molar-refractivity contribution is 6.34. The molecule has 11 nitrogen and oxygen atoms in total. The van der Waals surface area contributed by atoms with E-state index in [2.05, 4.69) is 16.0 Å². The fraction of sp³-hybridized carbons (Fsp3) is 0.286. The lowest BCUT2D eigenvalue weighted by Crippen LogP contribution is -2.47. The highest BCUT2D eigenvalue weighted by Gasteiger charge is 2.27. The van der Waals surface area contributed by atoms with Gasteiger partial charge in [-0.25, -0.2) is 4.79 Å². The molecule has 34 heavy (non-hydrogen) atoms. The first-order valence-electron chi connectivity index (χ1n) is 9.94. The van der Waals surface area contributed by atoms with Crippen molar-refractivity contribution in [1.29, 1.82) is 0 Å². The molecule has 2 aromatic rings. The molecular weight excluding hydrogens is 491 g/mol. The van der Waals surface area contributed by atoms with Crippen LogP contribution in [0.4, 0.5) is 16.2 Å². The summed E-state index contributed by atoms with van der Waals surface area (Å²) in [6, 6.07) is 6.92. The molecule has 0 bridgehead atoms. The van der Waals surface area contributed by atoms with Gasteiger partial charge in [-0.2, -0.15) is 0 Å². The number of nitrogens with one attached hydrogen (secondary N) is 3. The van der Waals surface area contributed by atoms with Crippen LogP contribution in [0.5, 0.6) is 5.75 Å². The Bertz CT molecular complexity index is 1090. The fourth-order valence-corrected chi connectivity index (χ4v) is 3.20. The van der Waals surface area contributed by atoms with E-state index in [4.69, 9.17) is 33.0 Å². The van der Waals surface area contributed by atoms with Crippen LogP contribution >= 0.6 is 23.2 Å². The van der Waals surface area contributed by atoms with E-state index >= 15 is 0 Å². The zero-order chi connectivity index (χ0) is 25.4. The van der Waals surface area contributed by atoms with E-state index in [1.54, 1.807) is 13.8 Å². The number of rotatable bonds is 10. The summed E-state index contributed by atoms with van der Waals surface area (Å²) in [5.41, 5.74) is -0.0340. The highest BCUT2D eigenvalue weighted by Crippen LogP contribution is 2.27. The quantitative estimate of drug-likeness (QED) is 0.213. The van der Waals surface area contributed by atoms with Crippen LogP contribution in [-0.4, -0.2) is 47.1 Å². The number of hydrogen-bond donors (Lipinski definition) is 4. The van der Waals surface area contributed by atoms with E-state index in [-0.39, 0.29) is 51.8 Å². The van der Waals surface area contributed by atoms with Gasteiger partial charge in [-0.3, -0.25) is 19.7 Å². The topological polar surface area (TPSA) is 160 Å². The molecule has 2 rings (SSSR count). The van der Waals surface area contributed by atoms with Crippen LogP contribution in [0.15, 0.2) is 36.4 Å². The summed E-state index contributed by atoms with van der Waals surface area (Å²) >= 11 is 12.1. The molecule has 0 fully saturated rings. The van der Waals surface area contributed by atoms with Crippen LogP contribution in [0.3, 0.4) is 0 Å². The first-order chi connectivity index (χ1) is 16.0. The zero-order valence-electron chi connectivity index (χ0n) is 18.1. The molecule has 0 heterocycles. The van der Waals surface area contributed by atoms with E-state index in [0.717, 1.165) is 6.07 Å². The highest BCUT2D eigenvalue weighted by atomic mass is 35.5. The number of nitrogens with zero attached hydrogens (tertiary/aromatic N) is 1. The Balaban J connectivity index is 2.17. The smallest absolute Gasteiger partial charge is 0.404 e. The van der Waals surface area contributed by atoms with Crippen LogP contribution < -0.4 is 20.7 Å². The number of ether oxygens (including phenoxy) is 1. The number of hydrogen-bond acceptors (Lipinski definition) is 6. The SMILES string of the molecule is CC(C)[C@H](NC(=O)c1cc(Cl)ccc1OCCNC(=O)O)C(=O)Nc1ccc([N+](=O)[O-])cc1Cl. The fourth-order valence-electron chi connectivity index (χ4n) is 2.81. The Morgan fingerprint density at radius 3 is 2.44 bits per heavy atom. The maximum absolute atomic E-state index is 13.0. The van der Waals surface area contributed by atoms with Gasteiger partial charge in [-0.05, 0) is 30.2 Å². The molecule has 0 saturated carbocycles. The van der Waals surface area contributed by atoms with Crippen molar-refractivity contribution in [2.24, 2.45) is 5.92 Å². The predicted molar refractivity (Wildman–Crippen MR) is 126 cm³/mol. The van der Waals surface area contributed by atoms with Crippen molar-refractivity contribution in [3.05, 3.63) is 62.1 Å². The average Bonchev–Trinajstić information content (AvgIpc) is 2.76. The van der Waals surface area contributed by atoms with Gasteiger partial charge < -0.3 is 25.8 Å². The third-order valence-corrected chi connectivity index (χ3v) is 5.03. The average molecular weight is 513 g/mol. The Hall–Kier alpha value is -3.57. The molecule has 4 N–H and O–H groups in total. The Labute approximate surface area is 204 Å². The lowest BCUT2D eigenvalue weighted by atomic mass is 10.0. The van der Waals surface area contributed by atoms with Gasteiger partial charge in [0.1, 0.15) is 18.4 Å². The van der Waals surface area contributed by atoms with Crippen LogP contribution in [0, 0.1) is 16.0 Å². The molecule has 3 amide bonds. The van der Waals surface area contributed by atoms with Crippen LogP contribution in [0.25, 0.3) is 0 Å². The summed E-state index contributed by atoms with van der Waals surface area (Å²) < 4.78 is 5.49. The molecule has 0 aromatic heterocycles. The van der Waals surface area contributed by atoms with Gasteiger partial charge in [-0.1, -0.05) is 37.0 Å². The second-order valence-electron chi connectivity index (χ2n) is 7.33. The summed E-state index contributed by atoms with van der Waals surface area (Å²) in [7, 11) is 0. The van der Waals surface area contributed by atoms with Crippen molar-refractivity contribution in [3.63, 3.8) is 0 Å². The van der Waals surface area contributed by atoms with Gasteiger partial charge in [0.15, 0.2) is 0 Å². The molecular formula is C21H22Cl2N4O7. The third kappa shape index (κ3) is 7.49. The molecule has 0 aliphatic carbocycles. The van der Waals surface area contributed by atoms with Gasteiger partial charge in [0.25, 0.3) is 11.6 Å². The minimum Gasteiger partial charge on any atom is -0.491 e. The first kappa shape index (κ1) is 26.7. The van der Waals surface area contributed by atoms with Crippen molar-refractivity contribution in [1.82, 2.24) is 10.6 Å². The number of anilines is 1. The normalized spacial score (nSPS) is 11.4. The maximum Gasteiger partial charge on any atom is 0.404 e. The number of amides is 3. The number of nitro benzene ring substituents is 1. The second-order valence-corrected chi connectivity index (χ2v) is 8.17. The number of non-ortho nitro benzene ring substituents is 1. The van der Waals surface area contributed by atoms with E-state index < -0.39 is 28.9 Å². The predicted octanol–water partition coefficient (Wildman–Crippen LogP) is 3.94. The first-order valence-corrected chi connectivity index (χ1v) is 10.7. The van der Waals surface area contributed by atoms with Crippen molar-refractivity contribution < 1.29 is 29.2 Å². The Kier molecular flexibility index (Phi) is 9.46. The zero-order valence-corrected chi connectivity index (χ0v) is 19.6. The molecule has 0 radical (unpaired) electrons. The molecule has 13 heteroatoms. The van der Waals surface area contributed by atoms with Crippen LogP contribution in [0.1, 0.15) is 24.2 Å². The minimum atomic E-state index is -1.21. The summed E-state index contributed by atoms with van der Waals surface area (Å²) in [5, 5.41) is 27.1. The number of carbonyl (C=O) groups excluding carboxylic acids is 2. The van der Waals surface area contributed by atoms with Gasteiger partial charge in [0.2, 0.25) is 5.91 Å². The number of carboxylic acid groups (broad SMARTS) is 1. The van der Waals surface area contributed by atoms with E-state index in [0.29, 0.717) is 0 Å². The van der Waals surface area contributed by atoms with Gasteiger partial charge in [0.05, 0.1) is 27.7 Å². The van der Waals surface area contributed by atoms with Gasteiger partial charge >= 0.3 is 6.09 Å². The molecule has 182 valence electrons. The lowest BCUT2D eigenvalue weighted by Gasteiger charge is -2.22. The largest absolute Gasteiger partial charge is 0.491 e. The Morgan fingerprint density at radius 1 is 1.15 bits per heavy atom. The van der Waals surface area contributed by atoms with E-state index in [1.165, 1.54) is 30.3 Å². The second kappa shape index (κ2) is 12.1. The number of benzene rings is 2. The molecule has 0 aliphatic heterocycles. The molecule has 2 aromatic carbocycles. The molecule has 0 unspecified atom stereocenters. The summed E-state index contributed by atoms with van der Waals surface area (Å²) in [4.78, 5) is 46.7. The number of carbonyl (C=O) groups is 3.